The number of carbonyl (C=O) groups excluding carboxylic acids is 1. The predicted molar refractivity (Wildman–Crippen MR) is 122 cm³/mol. The molecule has 1 atom stereocenters. The number of primary amides is 1. The fourth-order valence-corrected chi connectivity index (χ4v) is 3.78. The maximum Gasteiger partial charge on any atom is 0.416 e. The zero-order chi connectivity index (χ0) is 23.6. The maximum atomic E-state index is 13.2. The lowest BCUT2D eigenvalue weighted by atomic mass is 9.97. The van der Waals surface area contributed by atoms with Gasteiger partial charge in [0.15, 0.2) is 5.84 Å². The van der Waals surface area contributed by atoms with E-state index in [1.807, 2.05) is 18.2 Å². The molecule has 0 saturated heterocycles. The third-order valence-electron chi connectivity index (χ3n) is 5.48. The van der Waals surface area contributed by atoms with Crippen LogP contribution in [-0.4, -0.2) is 34.7 Å². The molecule has 6 nitrogen and oxygen atoms in total. The molecule has 1 unspecified atom stereocenters. The van der Waals surface area contributed by atoms with E-state index in [0.717, 1.165) is 23.0 Å². The first-order valence-corrected chi connectivity index (χ1v) is 10.4. The minimum Gasteiger partial charge on any atom is -0.366 e. The summed E-state index contributed by atoms with van der Waals surface area (Å²) in [5.41, 5.74) is 7.58. The number of H-pyrrole nitrogens is 1. The van der Waals surface area contributed by atoms with E-state index in [-0.39, 0.29) is 11.8 Å². The third kappa shape index (κ3) is 5.19. The number of carbonyl (C=O) groups is 1. The number of hydrogen-bond donors (Lipinski definition) is 2. The molecule has 2 aromatic carbocycles. The van der Waals surface area contributed by atoms with Crippen LogP contribution in [0.5, 0.6) is 0 Å². The largest absolute Gasteiger partial charge is 0.416 e. The van der Waals surface area contributed by atoms with Gasteiger partial charge in [-0.3, -0.25) is 14.9 Å². The number of fused-ring (bicyclic) bond motifs is 1. The van der Waals surface area contributed by atoms with Gasteiger partial charge in [-0.05, 0) is 61.1 Å². The Morgan fingerprint density at radius 1 is 1.24 bits per heavy atom. The van der Waals surface area contributed by atoms with E-state index in [1.54, 1.807) is 31.5 Å². The number of halogens is 3. The molecule has 2 heterocycles. The summed E-state index contributed by atoms with van der Waals surface area (Å²) in [6.07, 6.45) is 1.86. The number of amides is 1. The molecule has 170 valence electrons. The molecule has 0 bridgehead atoms. The van der Waals surface area contributed by atoms with E-state index in [1.165, 1.54) is 0 Å². The molecule has 0 aliphatic carbocycles. The number of hydrogen-bond acceptors (Lipinski definition) is 4. The van der Waals surface area contributed by atoms with Gasteiger partial charge < -0.3 is 5.73 Å². The molecule has 3 N–H and O–H groups in total. The number of aromatic nitrogens is 2. The second kappa shape index (κ2) is 9.01. The van der Waals surface area contributed by atoms with Crippen molar-refractivity contribution in [2.75, 3.05) is 6.54 Å². The normalized spacial score (nSPS) is 17.2. The smallest absolute Gasteiger partial charge is 0.366 e. The van der Waals surface area contributed by atoms with E-state index < -0.39 is 17.6 Å². The molecule has 9 heteroatoms. The lowest BCUT2D eigenvalue weighted by Crippen LogP contribution is -2.13. The van der Waals surface area contributed by atoms with Gasteiger partial charge in [0, 0.05) is 29.3 Å². The molecule has 4 rings (SSSR count). The zero-order valence-electron chi connectivity index (χ0n) is 17.9. The van der Waals surface area contributed by atoms with Crippen LogP contribution < -0.4 is 5.73 Å². The molecule has 1 aliphatic heterocycles. The van der Waals surface area contributed by atoms with Crippen LogP contribution in [0, 0.1) is 12.8 Å². The summed E-state index contributed by atoms with van der Waals surface area (Å²) in [6.45, 7) is 2.02. The number of nitrogens with two attached hydrogens (primary N) is 1. The fourth-order valence-electron chi connectivity index (χ4n) is 3.78. The van der Waals surface area contributed by atoms with Crippen molar-refractivity contribution in [3.8, 4) is 0 Å². The Kier molecular flexibility index (Phi) is 6.13. The van der Waals surface area contributed by atoms with Crippen molar-refractivity contribution in [2.24, 2.45) is 21.6 Å². The highest BCUT2D eigenvalue weighted by Gasteiger charge is 2.31. The number of nitrogens with zero attached hydrogens (tertiary/aromatic N) is 3. The van der Waals surface area contributed by atoms with Gasteiger partial charge >= 0.3 is 6.18 Å². The van der Waals surface area contributed by atoms with Crippen molar-refractivity contribution in [1.29, 1.82) is 0 Å². The topological polar surface area (TPSA) is 96.5 Å². The number of benzene rings is 2. The van der Waals surface area contributed by atoms with Crippen molar-refractivity contribution in [3.63, 3.8) is 0 Å². The summed E-state index contributed by atoms with van der Waals surface area (Å²) in [5.74, 6) is -0.310. The van der Waals surface area contributed by atoms with Crippen LogP contribution in [0.2, 0.25) is 0 Å². The van der Waals surface area contributed by atoms with Gasteiger partial charge in [0.05, 0.1) is 17.3 Å². The Hall–Kier alpha value is -3.75. The molecule has 1 amide bonds. The van der Waals surface area contributed by atoms with Gasteiger partial charge in [-0.1, -0.05) is 18.2 Å². The Labute approximate surface area is 188 Å². The average molecular weight is 453 g/mol. The fraction of sp³-hybridized carbons (Fsp3) is 0.250. The molecular formula is C24H22F3N5O. The Bertz CT molecular complexity index is 1290. The lowest BCUT2D eigenvalue weighted by Gasteiger charge is -2.10. The van der Waals surface area contributed by atoms with E-state index in [4.69, 9.17) is 5.73 Å². The third-order valence-corrected chi connectivity index (χ3v) is 5.48. The van der Waals surface area contributed by atoms with Gasteiger partial charge in [-0.15, -0.1) is 0 Å². The van der Waals surface area contributed by atoms with E-state index in [9.17, 15) is 18.0 Å². The number of alkyl halides is 3. The Morgan fingerprint density at radius 2 is 2.06 bits per heavy atom. The van der Waals surface area contributed by atoms with Crippen molar-refractivity contribution in [3.05, 3.63) is 70.9 Å². The monoisotopic (exact) mass is 453 g/mol. The second-order valence-corrected chi connectivity index (χ2v) is 8.01. The highest BCUT2D eigenvalue weighted by Crippen LogP contribution is 2.31. The molecule has 3 aromatic rings. The minimum absolute atomic E-state index is 0.0385. The van der Waals surface area contributed by atoms with Crippen LogP contribution in [0.3, 0.4) is 0 Å². The Morgan fingerprint density at radius 3 is 2.82 bits per heavy atom. The number of aryl methyl sites for hydroxylation is 1. The predicted octanol–water partition coefficient (Wildman–Crippen LogP) is 4.69. The summed E-state index contributed by atoms with van der Waals surface area (Å²) in [4.78, 5) is 20.8. The highest BCUT2D eigenvalue weighted by atomic mass is 19.4. The number of aromatic amines is 1. The van der Waals surface area contributed by atoms with E-state index in [2.05, 4.69) is 20.2 Å². The molecule has 33 heavy (non-hydrogen) atoms. The molecular weight excluding hydrogens is 431 g/mol. The van der Waals surface area contributed by atoms with Crippen molar-refractivity contribution < 1.29 is 18.0 Å². The van der Waals surface area contributed by atoms with Crippen LogP contribution in [0.15, 0.2) is 58.7 Å². The first-order chi connectivity index (χ1) is 15.7. The van der Waals surface area contributed by atoms with Crippen LogP contribution in [-0.2, 0) is 11.0 Å². The van der Waals surface area contributed by atoms with Crippen molar-refractivity contribution in [2.45, 2.75) is 25.9 Å². The number of aliphatic imine (C=N–C) groups is 2. The van der Waals surface area contributed by atoms with E-state index in [0.29, 0.717) is 41.6 Å². The molecule has 0 saturated carbocycles. The molecule has 0 fully saturated rings. The van der Waals surface area contributed by atoms with Crippen LogP contribution in [0.25, 0.3) is 16.5 Å². The Balaban J connectivity index is 1.54. The minimum atomic E-state index is -4.44. The van der Waals surface area contributed by atoms with E-state index >= 15 is 0 Å². The van der Waals surface area contributed by atoms with Gasteiger partial charge in [0.25, 0.3) is 0 Å². The van der Waals surface area contributed by atoms with Gasteiger partial charge in [0.1, 0.15) is 0 Å². The standard InChI is InChI=1S/C24H22F3N5O/c1-14-8-18(10-19(9-14)24(25,26)27)23-29-7-6-15(12-30-23)2-5-20(22(28)33)16-3-4-17-13-31-32-21(17)11-16/h3-5,8-13,15H,2,6-7H2,1H3,(H2,28,33)(H,31,32)/b20-5+. The molecule has 1 aromatic heterocycles. The van der Waals surface area contributed by atoms with Gasteiger partial charge in [-0.2, -0.15) is 18.3 Å². The lowest BCUT2D eigenvalue weighted by molar-refractivity contribution is -0.137. The number of amidine groups is 1. The summed E-state index contributed by atoms with van der Waals surface area (Å²) in [5, 5.41) is 7.77. The molecule has 1 aliphatic rings. The number of allylic oxidation sites excluding steroid dienone is 1. The summed E-state index contributed by atoms with van der Waals surface area (Å²) >= 11 is 0. The van der Waals surface area contributed by atoms with Crippen LogP contribution in [0.4, 0.5) is 13.2 Å². The van der Waals surface area contributed by atoms with Gasteiger partial charge in [-0.25, -0.2) is 4.99 Å². The maximum absolute atomic E-state index is 13.2. The molecule has 0 spiro atoms. The molecule has 0 radical (unpaired) electrons. The van der Waals surface area contributed by atoms with Crippen molar-refractivity contribution in [1.82, 2.24) is 10.2 Å². The average Bonchev–Trinajstić information content (AvgIpc) is 3.09. The summed E-state index contributed by atoms with van der Waals surface area (Å²) in [6, 6.07) is 9.30. The van der Waals surface area contributed by atoms with Crippen LogP contribution >= 0.6 is 0 Å². The number of rotatable bonds is 5. The number of nitrogens with one attached hydrogen (secondary N) is 1. The first-order valence-electron chi connectivity index (χ1n) is 10.4. The quantitative estimate of drug-likeness (QED) is 0.549. The summed E-state index contributed by atoms with van der Waals surface area (Å²) < 4.78 is 39.5. The van der Waals surface area contributed by atoms with Gasteiger partial charge in [0.2, 0.25) is 5.91 Å². The first kappa shape index (κ1) is 22.4. The van der Waals surface area contributed by atoms with Crippen LogP contribution in [0.1, 0.15) is 35.1 Å². The highest BCUT2D eigenvalue weighted by molar-refractivity contribution is 6.19. The SMILES string of the molecule is Cc1cc(C2=NCCC(C/C=C(/C(N)=O)c3ccc4cn[nH]c4c3)C=N2)cc(C(F)(F)F)c1. The zero-order valence-corrected chi connectivity index (χ0v) is 17.9. The van der Waals surface area contributed by atoms with Crippen molar-refractivity contribution >= 4 is 34.4 Å². The second-order valence-electron chi connectivity index (χ2n) is 8.01. The summed E-state index contributed by atoms with van der Waals surface area (Å²) in [7, 11) is 0.